The van der Waals surface area contributed by atoms with Crippen LogP contribution in [0.15, 0.2) is 48.5 Å². The van der Waals surface area contributed by atoms with Crippen molar-refractivity contribution in [2.75, 3.05) is 6.61 Å². The highest BCUT2D eigenvalue weighted by molar-refractivity contribution is 5.68. The Morgan fingerprint density at radius 2 is 1.60 bits per heavy atom. The second-order valence-electron chi connectivity index (χ2n) is 4.04. The molecule has 2 rings (SSSR count). The minimum atomic E-state index is -1.06. The number of aliphatic carboxylic acids is 1. The van der Waals surface area contributed by atoms with Gasteiger partial charge < -0.3 is 14.6 Å². The van der Waals surface area contributed by atoms with E-state index in [0.29, 0.717) is 11.5 Å². The molecular formula is C15H13FO4. The van der Waals surface area contributed by atoms with E-state index < -0.39 is 12.6 Å². The molecule has 0 heterocycles. The van der Waals surface area contributed by atoms with Crippen LogP contribution in [0.2, 0.25) is 0 Å². The molecule has 0 aliphatic rings. The predicted octanol–water partition coefficient (Wildman–Crippen LogP) is 2.87. The molecule has 1 N–H and O–H groups in total. The fourth-order valence-corrected chi connectivity index (χ4v) is 1.57. The zero-order valence-corrected chi connectivity index (χ0v) is 10.6. The molecule has 2 aromatic carbocycles. The smallest absolute Gasteiger partial charge is 0.341 e. The third-order valence-electron chi connectivity index (χ3n) is 2.51. The number of hydrogen-bond donors (Lipinski definition) is 1. The van der Waals surface area contributed by atoms with Crippen LogP contribution in [-0.4, -0.2) is 17.7 Å². The lowest BCUT2D eigenvalue weighted by Gasteiger charge is -2.11. The molecule has 0 aliphatic heterocycles. The first kappa shape index (κ1) is 13.9. The number of carboxylic acid groups (broad SMARTS) is 1. The second-order valence-corrected chi connectivity index (χ2v) is 4.04. The van der Waals surface area contributed by atoms with Crippen LogP contribution in [0.3, 0.4) is 0 Å². The van der Waals surface area contributed by atoms with Gasteiger partial charge in [0, 0.05) is 0 Å². The van der Waals surface area contributed by atoms with Crippen molar-refractivity contribution in [3.8, 4) is 11.5 Å². The molecule has 0 aromatic heterocycles. The summed E-state index contributed by atoms with van der Waals surface area (Å²) in [4.78, 5) is 10.5. The van der Waals surface area contributed by atoms with Gasteiger partial charge in [-0.1, -0.05) is 24.3 Å². The Balaban J connectivity index is 2.01. The summed E-state index contributed by atoms with van der Waals surface area (Å²) >= 11 is 0. The molecule has 5 heteroatoms. The quantitative estimate of drug-likeness (QED) is 0.881. The SMILES string of the molecule is O=C(O)COc1ccccc1OCc1ccc(F)cc1. The molecule has 20 heavy (non-hydrogen) atoms. The number of benzene rings is 2. The lowest BCUT2D eigenvalue weighted by atomic mass is 10.2. The lowest BCUT2D eigenvalue weighted by Crippen LogP contribution is -2.10. The Bertz CT molecular complexity index is 581. The Kier molecular flexibility index (Phi) is 4.55. The van der Waals surface area contributed by atoms with Gasteiger partial charge in [0.1, 0.15) is 12.4 Å². The van der Waals surface area contributed by atoms with Crippen LogP contribution in [0.1, 0.15) is 5.56 Å². The number of ether oxygens (including phenoxy) is 2. The van der Waals surface area contributed by atoms with E-state index in [1.165, 1.54) is 12.1 Å². The average Bonchev–Trinajstić information content (AvgIpc) is 2.45. The van der Waals surface area contributed by atoms with Crippen molar-refractivity contribution in [1.29, 1.82) is 0 Å². The first-order chi connectivity index (χ1) is 9.65. The first-order valence-electron chi connectivity index (χ1n) is 5.96. The summed E-state index contributed by atoms with van der Waals surface area (Å²) in [6.45, 7) is -0.190. The van der Waals surface area contributed by atoms with Gasteiger partial charge in [-0.3, -0.25) is 0 Å². The summed E-state index contributed by atoms with van der Waals surface area (Å²) in [5.74, 6) is -0.563. The highest BCUT2D eigenvalue weighted by Gasteiger charge is 2.06. The molecule has 4 nitrogen and oxygen atoms in total. The van der Waals surface area contributed by atoms with Gasteiger partial charge in [0.2, 0.25) is 0 Å². The van der Waals surface area contributed by atoms with E-state index >= 15 is 0 Å². The maximum atomic E-state index is 12.8. The Morgan fingerprint density at radius 1 is 1.00 bits per heavy atom. The zero-order chi connectivity index (χ0) is 14.4. The zero-order valence-electron chi connectivity index (χ0n) is 10.6. The molecule has 0 amide bonds. The van der Waals surface area contributed by atoms with Gasteiger partial charge >= 0.3 is 5.97 Å². The van der Waals surface area contributed by atoms with Crippen molar-refractivity contribution in [3.05, 3.63) is 59.9 Å². The molecule has 0 spiro atoms. The molecule has 0 bridgehead atoms. The van der Waals surface area contributed by atoms with Gasteiger partial charge in [0.15, 0.2) is 18.1 Å². The lowest BCUT2D eigenvalue weighted by molar-refractivity contribution is -0.139. The fourth-order valence-electron chi connectivity index (χ4n) is 1.57. The maximum Gasteiger partial charge on any atom is 0.341 e. The summed E-state index contributed by atoms with van der Waals surface area (Å²) in [5, 5.41) is 8.60. The fraction of sp³-hybridized carbons (Fsp3) is 0.133. The Labute approximate surface area is 115 Å². The predicted molar refractivity (Wildman–Crippen MR) is 70.3 cm³/mol. The number of rotatable bonds is 6. The van der Waals surface area contributed by atoms with Gasteiger partial charge in [-0.2, -0.15) is 0 Å². The van der Waals surface area contributed by atoms with Crippen LogP contribution >= 0.6 is 0 Å². The highest BCUT2D eigenvalue weighted by Crippen LogP contribution is 2.27. The maximum absolute atomic E-state index is 12.8. The normalized spacial score (nSPS) is 10.1. The van der Waals surface area contributed by atoms with E-state index in [0.717, 1.165) is 5.56 Å². The number of hydrogen-bond acceptors (Lipinski definition) is 3. The molecule has 0 unspecified atom stereocenters. The number of carbonyl (C=O) groups is 1. The summed E-state index contributed by atoms with van der Waals surface area (Å²) in [6.07, 6.45) is 0. The summed E-state index contributed by atoms with van der Waals surface area (Å²) in [6, 6.07) is 12.7. The van der Waals surface area contributed by atoms with Crippen molar-refractivity contribution in [2.45, 2.75) is 6.61 Å². The molecule has 104 valence electrons. The summed E-state index contributed by atoms with van der Waals surface area (Å²) < 4.78 is 23.5. The van der Waals surface area contributed by atoms with Crippen molar-refractivity contribution in [3.63, 3.8) is 0 Å². The third-order valence-corrected chi connectivity index (χ3v) is 2.51. The minimum Gasteiger partial charge on any atom is -0.485 e. The van der Waals surface area contributed by atoms with Crippen LogP contribution in [-0.2, 0) is 11.4 Å². The van der Waals surface area contributed by atoms with Crippen LogP contribution in [0.25, 0.3) is 0 Å². The van der Waals surface area contributed by atoms with E-state index in [-0.39, 0.29) is 12.4 Å². The standard InChI is InChI=1S/C15H13FO4/c16-12-7-5-11(6-8-12)9-19-13-3-1-2-4-14(13)20-10-15(17)18/h1-8H,9-10H2,(H,17,18). The largest absolute Gasteiger partial charge is 0.485 e. The Hall–Kier alpha value is -2.56. The third kappa shape index (κ3) is 3.98. The van der Waals surface area contributed by atoms with Gasteiger partial charge in [-0.15, -0.1) is 0 Å². The van der Waals surface area contributed by atoms with E-state index in [9.17, 15) is 9.18 Å². The van der Waals surface area contributed by atoms with Crippen molar-refractivity contribution in [1.82, 2.24) is 0 Å². The summed E-state index contributed by atoms with van der Waals surface area (Å²) in [7, 11) is 0. The first-order valence-corrected chi connectivity index (χ1v) is 5.96. The average molecular weight is 276 g/mol. The van der Waals surface area contributed by atoms with Crippen molar-refractivity contribution < 1.29 is 23.8 Å². The van der Waals surface area contributed by atoms with Gasteiger partial charge in [0.25, 0.3) is 0 Å². The molecule has 0 saturated carbocycles. The number of halogens is 1. The van der Waals surface area contributed by atoms with Crippen LogP contribution in [0.4, 0.5) is 4.39 Å². The van der Waals surface area contributed by atoms with Gasteiger partial charge in [0.05, 0.1) is 0 Å². The summed E-state index contributed by atoms with van der Waals surface area (Å²) in [5.41, 5.74) is 0.805. The molecule has 0 aliphatic carbocycles. The molecule has 0 radical (unpaired) electrons. The van der Waals surface area contributed by atoms with E-state index in [1.54, 1.807) is 36.4 Å². The van der Waals surface area contributed by atoms with Crippen LogP contribution in [0, 0.1) is 5.82 Å². The van der Waals surface area contributed by atoms with Gasteiger partial charge in [-0.25, -0.2) is 9.18 Å². The van der Waals surface area contributed by atoms with Crippen LogP contribution < -0.4 is 9.47 Å². The van der Waals surface area contributed by atoms with E-state index in [4.69, 9.17) is 14.6 Å². The van der Waals surface area contributed by atoms with Crippen molar-refractivity contribution in [2.24, 2.45) is 0 Å². The van der Waals surface area contributed by atoms with Crippen molar-refractivity contribution >= 4 is 5.97 Å². The van der Waals surface area contributed by atoms with Crippen LogP contribution in [0.5, 0.6) is 11.5 Å². The topological polar surface area (TPSA) is 55.8 Å². The van der Waals surface area contributed by atoms with E-state index in [2.05, 4.69) is 0 Å². The molecule has 0 atom stereocenters. The molecular weight excluding hydrogens is 263 g/mol. The monoisotopic (exact) mass is 276 g/mol. The molecule has 2 aromatic rings. The molecule has 0 fully saturated rings. The minimum absolute atomic E-state index is 0.244. The molecule has 0 saturated heterocycles. The highest BCUT2D eigenvalue weighted by atomic mass is 19.1. The second kappa shape index (κ2) is 6.56. The Morgan fingerprint density at radius 3 is 2.20 bits per heavy atom. The van der Waals surface area contributed by atoms with E-state index in [1.807, 2.05) is 0 Å². The number of carboxylic acids is 1. The van der Waals surface area contributed by atoms with Gasteiger partial charge in [-0.05, 0) is 29.8 Å². The number of para-hydroxylation sites is 2.